The van der Waals surface area contributed by atoms with E-state index in [1.165, 1.54) is 6.08 Å². The molecule has 5 nitrogen and oxygen atoms in total. The van der Waals surface area contributed by atoms with Crippen molar-refractivity contribution in [2.24, 2.45) is 0 Å². The maximum Gasteiger partial charge on any atom is 0.323 e. The molecule has 0 amide bonds. The second-order valence-corrected chi connectivity index (χ2v) is 3.97. The lowest BCUT2D eigenvalue weighted by Gasteiger charge is -2.16. The van der Waals surface area contributed by atoms with Gasteiger partial charge in [-0.05, 0) is 20.8 Å². The molecule has 2 radical (unpaired) electrons. The first-order valence-electron chi connectivity index (χ1n) is 5.35. The van der Waals surface area contributed by atoms with Crippen LogP contribution in [0.25, 0.3) is 0 Å². The van der Waals surface area contributed by atoms with Crippen molar-refractivity contribution in [3.63, 3.8) is 0 Å². The standard InChI is InChI=1S/C12H16O5/c1-5-9-11(17-12(3,4)16-9)8(13)7-10(14)15-6-2/h5,9,11H,1,6H2,2-4H3/t9-,11+/m1/s1. The molecule has 1 aliphatic heterocycles. The van der Waals surface area contributed by atoms with Gasteiger partial charge in [0.2, 0.25) is 0 Å². The summed E-state index contributed by atoms with van der Waals surface area (Å²) in [6, 6.07) is 0. The Morgan fingerprint density at radius 2 is 2.12 bits per heavy atom. The summed E-state index contributed by atoms with van der Waals surface area (Å²) in [5, 5.41) is 0. The Morgan fingerprint density at radius 3 is 2.65 bits per heavy atom. The average Bonchev–Trinajstić information content (AvgIpc) is 2.54. The largest absolute Gasteiger partial charge is 0.465 e. The highest BCUT2D eigenvalue weighted by Gasteiger charge is 2.44. The topological polar surface area (TPSA) is 61.8 Å². The van der Waals surface area contributed by atoms with E-state index in [9.17, 15) is 9.59 Å². The molecule has 94 valence electrons. The summed E-state index contributed by atoms with van der Waals surface area (Å²) in [7, 11) is 0. The third-order valence-corrected chi connectivity index (χ3v) is 2.12. The molecule has 0 aromatic carbocycles. The fourth-order valence-corrected chi connectivity index (χ4v) is 1.50. The Balaban J connectivity index is 2.62. The lowest BCUT2D eigenvalue weighted by Crippen LogP contribution is -2.32. The van der Waals surface area contributed by atoms with E-state index in [0.29, 0.717) is 0 Å². The number of ether oxygens (including phenoxy) is 3. The number of hydrogen-bond donors (Lipinski definition) is 0. The van der Waals surface area contributed by atoms with Gasteiger partial charge in [0.1, 0.15) is 6.10 Å². The van der Waals surface area contributed by atoms with Crippen molar-refractivity contribution in [2.45, 2.75) is 38.8 Å². The van der Waals surface area contributed by atoms with E-state index in [-0.39, 0.29) is 6.61 Å². The zero-order valence-electron chi connectivity index (χ0n) is 10.2. The summed E-state index contributed by atoms with van der Waals surface area (Å²) in [6.07, 6.45) is 2.05. The number of carbonyl (C=O) groups excluding carboxylic acids is 2. The molecule has 0 aromatic heterocycles. The molecule has 0 aliphatic carbocycles. The van der Waals surface area contributed by atoms with Crippen molar-refractivity contribution in [3.05, 3.63) is 19.1 Å². The van der Waals surface area contributed by atoms with Gasteiger partial charge in [-0.3, -0.25) is 9.59 Å². The monoisotopic (exact) mass is 240 g/mol. The molecule has 1 heterocycles. The van der Waals surface area contributed by atoms with Gasteiger partial charge < -0.3 is 14.2 Å². The Morgan fingerprint density at radius 1 is 1.47 bits per heavy atom. The molecule has 0 N–H and O–H groups in total. The van der Waals surface area contributed by atoms with Gasteiger partial charge in [0.15, 0.2) is 24.1 Å². The fraction of sp³-hybridized carbons (Fsp3) is 0.583. The van der Waals surface area contributed by atoms with E-state index in [4.69, 9.17) is 9.47 Å². The van der Waals surface area contributed by atoms with Gasteiger partial charge in [0.05, 0.1) is 6.61 Å². The smallest absolute Gasteiger partial charge is 0.323 e. The minimum atomic E-state index is -0.896. The van der Waals surface area contributed by atoms with Gasteiger partial charge in [0, 0.05) is 0 Å². The summed E-state index contributed by atoms with van der Waals surface area (Å²) >= 11 is 0. The first-order valence-corrected chi connectivity index (χ1v) is 5.35. The van der Waals surface area contributed by atoms with Crippen LogP contribution in [-0.2, 0) is 23.8 Å². The molecule has 0 saturated carbocycles. The van der Waals surface area contributed by atoms with E-state index >= 15 is 0 Å². The van der Waals surface area contributed by atoms with Crippen LogP contribution < -0.4 is 0 Å². The maximum atomic E-state index is 11.7. The van der Waals surface area contributed by atoms with E-state index in [0.717, 1.165) is 0 Å². The van der Waals surface area contributed by atoms with Crippen LogP contribution in [0.4, 0.5) is 0 Å². The summed E-state index contributed by atoms with van der Waals surface area (Å²) < 4.78 is 15.4. The van der Waals surface area contributed by atoms with E-state index in [2.05, 4.69) is 17.7 Å². The van der Waals surface area contributed by atoms with E-state index < -0.39 is 29.7 Å². The number of Topliss-reactive ketones (excluding diaryl/α,β-unsaturated/α-hetero) is 1. The summed E-state index contributed by atoms with van der Waals surface area (Å²) in [5.74, 6) is -2.28. The molecule has 17 heavy (non-hydrogen) atoms. The first-order chi connectivity index (χ1) is 7.89. The summed E-state index contributed by atoms with van der Waals surface area (Å²) in [5.41, 5.74) is 0. The number of esters is 1. The maximum absolute atomic E-state index is 11.7. The first kappa shape index (κ1) is 13.9. The quantitative estimate of drug-likeness (QED) is 0.528. The molecule has 0 spiro atoms. The second kappa shape index (κ2) is 5.42. The minimum absolute atomic E-state index is 0.192. The molecular formula is C12H16O5. The molecule has 1 aliphatic rings. The van der Waals surface area contributed by atoms with Gasteiger partial charge in [-0.2, -0.15) is 0 Å². The molecule has 2 atom stereocenters. The normalized spacial score (nSPS) is 26.5. The van der Waals surface area contributed by atoms with Gasteiger partial charge >= 0.3 is 5.97 Å². The molecule has 0 bridgehead atoms. The van der Waals surface area contributed by atoms with Crippen molar-refractivity contribution in [2.75, 3.05) is 6.61 Å². The number of carbonyl (C=O) groups is 2. The Hall–Kier alpha value is -1.20. The molecule has 1 rings (SSSR count). The molecule has 1 fully saturated rings. The number of rotatable bonds is 5. The minimum Gasteiger partial charge on any atom is -0.465 e. The fourth-order valence-electron chi connectivity index (χ4n) is 1.50. The number of ketones is 1. The zero-order valence-corrected chi connectivity index (χ0v) is 10.2. The van der Waals surface area contributed by atoms with Crippen LogP contribution in [0.1, 0.15) is 20.8 Å². The van der Waals surface area contributed by atoms with E-state index in [1.54, 1.807) is 20.8 Å². The third kappa shape index (κ3) is 3.64. The van der Waals surface area contributed by atoms with Crippen LogP contribution in [0.2, 0.25) is 0 Å². The molecule has 1 saturated heterocycles. The van der Waals surface area contributed by atoms with Gasteiger partial charge in [-0.15, -0.1) is 6.58 Å². The highest BCUT2D eigenvalue weighted by atomic mass is 16.8. The van der Waals surface area contributed by atoms with Gasteiger partial charge in [0.25, 0.3) is 0 Å². The highest BCUT2D eigenvalue weighted by Crippen LogP contribution is 2.29. The highest BCUT2D eigenvalue weighted by molar-refractivity contribution is 6.09. The average molecular weight is 240 g/mol. The van der Waals surface area contributed by atoms with Crippen molar-refractivity contribution in [3.8, 4) is 0 Å². The Kier molecular flexibility index (Phi) is 4.42. The predicted molar refractivity (Wildman–Crippen MR) is 58.9 cm³/mol. The Labute approximate surface area is 101 Å². The van der Waals surface area contributed by atoms with Crippen molar-refractivity contribution in [1.29, 1.82) is 0 Å². The van der Waals surface area contributed by atoms with E-state index in [1.807, 2.05) is 0 Å². The van der Waals surface area contributed by atoms with Crippen molar-refractivity contribution in [1.82, 2.24) is 0 Å². The number of hydrogen-bond acceptors (Lipinski definition) is 5. The predicted octanol–water partition coefficient (Wildman–Crippen LogP) is 0.906. The summed E-state index contributed by atoms with van der Waals surface area (Å²) in [4.78, 5) is 22.8. The van der Waals surface area contributed by atoms with Crippen molar-refractivity contribution < 1.29 is 23.8 Å². The lowest BCUT2D eigenvalue weighted by molar-refractivity contribution is -0.154. The summed E-state index contributed by atoms with van der Waals surface area (Å²) in [6.45, 7) is 8.76. The van der Waals surface area contributed by atoms with Gasteiger partial charge in [-0.1, -0.05) is 6.08 Å². The second-order valence-electron chi connectivity index (χ2n) is 3.97. The zero-order chi connectivity index (χ0) is 13.1. The van der Waals surface area contributed by atoms with Crippen LogP contribution in [0.15, 0.2) is 12.7 Å². The third-order valence-electron chi connectivity index (χ3n) is 2.12. The lowest BCUT2D eigenvalue weighted by atomic mass is 10.1. The van der Waals surface area contributed by atoms with Crippen LogP contribution in [0.5, 0.6) is 0 Å². The van der Waals surface area contributed by atoms with Crippen LogP contribution in [-0.4, -0.2) is 36.4 Å². The van der Waals surface area contributed by atoms with Crippen LogP contribution in [0, 0.1) is 6.42 Å². The Bertz CT molecular complexity index is 321. The molecular weight excluding hydrogens is 224 g/mol. The van der Waals surface area contributed by atoms with Crippen molar-refractivity contribution >= 4 is 11.8 Å². The SMILES string of the molecule is C=C[C@H]1OC(C)(C)O[C@H]1C(=O)[C]C(=O)OCC. The molecule has 0 aromatic rings. The van der Waals surface area contributed by atoms with Crippen LogP contribution in [0.3, 0.4) is 0 Å². The van der Waals surface area contributed by atoms with Crippen LogP contribution >= 0.6 is 0 Å². The molecule has 5 heteroatoms. The van der Waals surface area contributed by atoms with Gasteiger partial charge in [-0.25, -0.2) is 0 Å². The molecule has 0 unspecified atom stereocenters.